The molecule has 0 amide bonds. The summed E-state index contributed by atoms with van der Waals surface area (Å²) in [5, 5.41) is 9.01. The minimum absolute atomic E-state index is 0.0400. The quantitative estimate of drug-likeness (QED) is 0.538. The van der Waals surface area contributed by atoms with Crippen LogP contribution in [-0.2, 0) is 24.1 Å². The number of ether oxygens (including phenoxy) is 3. The lowest BCUT2D eigenvalue weighted by Gasteiger charge is -2.36. The van der Waals surface area contributed by atoms with Crippen LogP contribution in [0, 0.1) is 5.92 Å². The number of carboxylic acid groups (broad SMARTS) is 1. The Bertz CT molecular complexity index is 1010. The summed E-state index contributed by atoms with van der Waals surface area (Å²) in [6, 6.07) is 9.29. The summed E-state index contributed by atoms with van der Waals surface area (Å²) in [6.45, 7) is 1.48. The Balaban J connectivity index is 1.40. The van der Waals surface area contributed by atoms with E-state index in [-0.39, 0.29) is 24.4 Å². The first-order valence-electron chi connectivity index (χ1n) is 11.3. The Hall–Kier alpha value is -2.94. The molecule has 1 saturated carbocycles. The van der Waals surface area contributed by atoms with Crippen molar-refractivity contribution in [3.05, 3.63) is 53.1 Å². The molecule has 2 aliphatic rings. The van der Waals surface area contributed by atoms with Gasteiger partial charge in [0.1, 0.15) is 23.9 Å². The molecule has 1 saturated heterocycles. The van der Waals surface area contributed by atoms with Gasteiger partial charge in [-0.05, 0) is 49.4 Å². The summed E-state index contributed by atoms with van der Waals surface area (Å²) in [6.07, 6.45) is -1.19. The highest BCUT2D eigenvalue weighted by atomic mass is 19.4. The number of benzene rings is 2. The van der Waals surface area contributed by atoms with Crippen molar-refractivity contribution < 1.29 is 37.3 Å². The molecule has 9 heteroatoms. The number of hydrogen-bond donors (Lipinski definition) is 1. The maximum absolute atomic E-state index is 13.6. The van der Waals surface area contributed by atoms with Crippen molar-refractivity contribution in [2.45, 2.75) is 51.1 Å². The average molecular weight is 479 g/mol. The van der Waals surface area contributed by atoms with Crippen molar-refractivity contribution in [3.8, 4) is 17.2 Å². The lowest BCUT2D eigenvalue weighted by Crippen LogP contribution is -2.49. The van der Waals surface area contributed by atoms with Crippen molar-refractivity contribution >= 4 is 5.97 Å². The van der Waals surface area contributed by atoms with Crippen LogP contribution < -0.4 is 14.2 Å². The van der Waals surface area contributed by atoms with E-state index in [0.29, 0.717) is 36.7 Å². The molecule has 2 aromatic rings. The second-order valence-corrected chi connectivity index (χ2v) is 8.84. The fourth-order valence-electron chi connectivity index (χ4n) is 4.39. The zero-order chi connectivity index (χ0) is 24.3. The number of carboxylic acids is 1. The van der Waals surface area contributed by atoms with E-state index in [1.54, 1.807) is 18.2 Å². The van der Waals surface area contributed by atoms with Crippen molar-refractivity contribution in [1.82, 2.24) is 4.90 Å². The third kappa shape index (κ3) is 5.75. The van der Waals surface area contributed by atoms with Gasteiger partial charge in [0.15, 0.2) is 0 Å². The summed E-state index contributed by atoms with van der Waals surface area (Å²) in [7, 11) is 1.53. The van der Waals surface area contributed by atoms with Crippen LogP contribution in [0.5, 0.6) is 17.2 Å². The predicted octanol–water partition coefficient (Wildman–Crippen LogP) is 5.13. The van der Waals surface area contributed by atoms with Crippen LogP contribution in [0.1, 0.15) is 42.4 Å². The number of hydrogen-bond acceptors (Lipinski definition) is 5. The molecule has 0 atom stereocenters. The van der Waals surface area contributed by atoms with Crippen LogP contribution >= 0.6 is 0 Å². The summed E-state index contributed by atoms with van der Waals surface area (Å²) < 4.78 is 57.8. The molecule has 6 nitrogen and oxygen atoms in total. The molecular weight excluding hydrogens is 451 g/mol. The Labute approximate surface area is 196 Å². The largest absolute Gasteiger partial charge is 0.496 e. The molecule has 184 valence electrons. The summed E-state index contributed by atoms with van der Waals surface area (Å²) in [5.74, 6) is -0.228. The van der Waals surface area contributed by atoms with Gasteiger partial charge in [-0.25, -0.2) is 0 Å². The number of carbonyl (C=O) groups is 1. The minimum Gasteiger partial charge on any atom is -0.496 e. The maximum atomic E-state index is 13.6. The van der Waals surface area contributed by atoms with Crippen LogP contribution in [-0.4, -0.2) is 42.3 Å². The van der Waals surface area contributed by atoms with Gasteiger partial charge < -0.3 is 19.3 Å². The van der Waals surface area contributed by atoms with Gasteiger partial charge in [0.05, 0.1) is 24.7 Å². The molecule has 0 unspecified atom stereocenters. The lowest BCUT2D eigenvalue weighted by atomic mass is 9.99. The molecule has 0 bridgehead atoms. The zero-order valence-corrected chi connectivity index (χ0v) is 18.9. The molecule has 4 rings (SSSR count). The SMILES string of the molecule is COc1cc(OCc2ccc(OC3CCCC3)c(C(F)(F)F)c2)ccc1CN1CC(C(=O)O)C1. The molecule has 1 heterocycles. The standard InChI is InChI=1S/C25H28F3NO5/c1-32-23-11-20(8-7-17(23)12-29-13-18(14-29)24(30)31)33-15-16-6-9-22(21(10-16)25(26,27)28)34-19-4-2-3-5-19/h6-11,18-19H,2-5,12-15H2,1H3,(H,30,31). The van der Waals surface area contributed by atoms with E-state index in [9.17, 15) is 18.0 Å². The molecule has 1 N–H and O–H groups in total. The molecule has 1 aliphatic carbocycles. The van der Waals surface area contributed by atoms with Gasteiger partial charge in [-0.15, -0.1) is 0 Å². The highest BCUT2D eigenvalue weighted by Gasteiger charge is 2.36. The Kier molecular flexibility index (Phi) is 7.21. The molecule has 0 aromatic heterocycles. The Morgan fingerprint density at radius 2 is 1.82 bits per heavy atom. The number of likely N-dealkylation sites (tertiary alicyclic amines) is 1. The zero-order valence-electron chi connectivity index (χ0n) is 18.9. The molecule has 0 spiro atoms. The van der Waals surface area contributed by atoms with Crippen LogP contribution in [0.25, 0.3) is 0 Å². The molecule has 1 aliphatic heterocycles. The number of halogens is 3. The molecule has 34 heavy (non-hydrogen) atoms. The highest BCUT2D eigenvalue weighted by Crippen LogP contribution is 2.39. The van der Waals surface area contributed by atoms with Gasteiger partial charge in [0.25, 0.3) is 0 Å². The van der Waals surface area contributed by atoms with Gasteiger partial charge in [-0.1, -0.05) is 12.1 Å². The Morgan fingerprint density at radius 3 is 2.47 bits per heavy atom. The van der Waals surface area contributed by atoms with Crippen LogP contribution in [0.3, 0.4) is 0 Å². The molecular formula is C25H28F3NO5. The predicted molar refractivity (Wildman–Crippen MR) is 118 cm³/mol. The van der Waals surface area contributed by atoms with Crippen LogP contribution in [0.4, 0.5) is 13.2 Å². The molecule has 2 fully saturated rings. The van der Waals surface area contributed by atoms with Crippen molar-refractivity contribution in [1.29, 1.82) is 0 Å². The van der Waals surface area contributed by atoms with Gasteiger partial charge >= 0.3 is 12.1 Å². The van der Waals surface area contributed by atoms with Crippen molar-refractivity contribution in [3.63, 3.8) is 0 Å². The second kappa shape index (κ2) is 10.1. The van der Waals surface area contributed by atoms with E-state index in [1.807, 2.05) is 11.0 Å². The third-order valence-corrected chi connectivity index (χ3v) is 6.31. The van der Waals surface area contributed by atoms with Crippen LogP contribution in [0.15, 0.2) is 36.4 Å². The summed E-state index contributed by atoms with van der Waals surface area (Å²) >= 11 is 0. The topological polar surface area (TPSA) is 68.2 Å². The number of rotatable bonds is 9. The fraction of sp³-hybridized carbons (Fsp3) is 0.480. The van der Waals surface area contributed by atoms with Gasteiger partial charge in [-0.3, -0.25) is 9.69 Å². The first kappa shape index (κ1) is 24.2. The first-order valence-corrected chi connectivity index (χ1v) is 11.3. The minimum atomic E-state index is -4.52. The summed E-state index contributed by atoms with van der Waals surface area (Å²) in [4.78, 5) is 13.0. The van der Waals surface area contributed by atoms with E-state index < -0.39 is 17.7 Å². The first-order chi connectivity index (χ1) is 16.2. The number of alkyl halides is 3. The lowest BCUT2D eigenvalue weighted by molar-refractivity contribution is -0.147. The van der Waals surface area contributed by atoms with Crippen molar-refractivity contribution in [2.75, 3.05) is 20.2 Å². The monoisotopic (exact) mass is 479 g/mol. The second-order valence-electron chi connectivity index (χ2n) is 8.84. The third-order valence-electron chi connectivity index (χ3n) is 6.31. The van der Waals surface area contributed by atoms with E-state index in [1.165, 1.54) is 13.2 Å². The highest BCUT2D eigenvalue weighted by molar-refractivity contribution is 5.71. The van der Waals surface area contributed by atoms with E-state index in [4.69, 9.17) is 19.3 Å². The van der Waals surface area contributed by atoms with Crippen molar-refractivity contribution in [2.24, 2.45) is 5.92 Å². The van der Waals surface area contributed by atoms with Gasteiger partial charge in [0, 0.05) is 31.3 Å². The average Bonchev–Trinajstić information content (AvgIpc) is 3.27. The number of methoxy groups -OCH3 is 1. The van der Waals surface area contributed by atoms with E-state index in [2.05, 4.69) is 0 Å². The van der Waals surface area contributed by atoms with E-state index in [0.717, 1.165) is 37.3 Å². The molecule has 0 radical (unpaired) electrons. The van der Waals surface area contributed by atoms with Gasteiger partial charge in [-0.2, -0.15) is 13.2 Å². The van der Waals surface area contributed by atoms with Gasteiger partial charge in [0.2, 0.25) is 0 Å². The smallest absolute Gasteiger partial charge is 0.419 e. The normalized spacial score (nSPS) is 17.4. The number of nitrogens with zero attached hydrogens (tertiary/aromatic N) is 1. The molecule has 2 aromatic carbocycles. The maximum Gasteiger partial charge on any atom is 0.419 e. The number of aliphatic carboxylic acids is 1. The van der Waals surface area contributed by atoms with E-state index >= 15 is 0 Å². The fourth-order valence-corrected chi connectivity index (χ4v) is 4.39. The summed E-state index contributed by atoms with van der Waals surface area (Å²) in [5.41, 5.74) is 0.475. The van der Waals surface area contributed by atoms with Crippen LogP contribution in [0.2, 0.25) is 0 Å². The Morgan fingerprint density at radius 1 is 1.09 bits per heavy atom.